The number of aryl methyl sites for hydroxylation is 1. The molecule has 0 aliphatic carbocycles. The maximum absolute atomic E-state index is 12.9. The molecule has 2 heterocycles. The molecule has 122 valence electrons. The summed E-state index contributed by atoms with van der Waals surface area (Å²) in [4.78, 5) is 26.5. The lowest BCUT2D eigenvalue weighted by atomic mass is 10.1. The second kappa shape index (κ2) is 6.22. The van der Waals surface area contributed by atoms with Crippen molar-refractivity contribution >= 4 is 34.3 Å². The fraction of sp³-hybridized carbons (Fsp3) is 0.375. The number of hydrogen-bond acceptors (Lipinski definition) is 3. The number of nitrogens with zero attached hydrogens (tertiary/aromatic N) is 2. The molecule has 1 aliphatic heterocycles. The van der Waals surface area contributed by atoms with E-state index >= 15 is 0 Å². The number of aromatic nitrogens is 1. The highest BCUT2D eigenvalue weighted by Gasteiger charge is 2.34. The van der Waals surface area contributed by atoms with Gasteiger partial charge in [0.2, 0.25) is 5.91 Å². The van der Waals surface area contributed by atoms with Crippen LogP contribution in [0.15, 0.2) is 24.3 Å². The average Bonchev–Trinajstić information content (AvgIpc) is 2.87. The van der Waals surface area contributed by atoms with Gasteiger partial charge in [0.25, 0.3) is 5.91 Å². The minimum absolute atomic E-state index is 0.150. The summed E-state index contributed by atoms with van der Waals surface area (Å²) in [7, 11) is 1.78. The molecule has 0 bridgehead atoms. The van der Waals surface area contributed by atoms with Crippen LogP contribution < -0.4 is 5.32 Å². The van der Waals surface area contributed by atoms with Crippen molar-refractivity contribution in [2.45, 2.75) is 12.5 Å². The minimum atomic E-state index is -0.644. The van der Waals surface area contributed by atoms with Gasteiger partial charge in [0.05, 0.1) is 10.5 Å². The molecule has 0 spiro atoms. The van der Waals surface area contributed by atoms with Crippen LogP contribution in [0.25, 0.3) is 10.9 Å². The van der Waals surface area contributed by atoms with Gasteiger partial charge in [-0.1, -0.05) is 23.7 Å². The Hall–Kier alpha value is -2.05. The van der Waals surface area contributed by atoms with Crippen molar-refractivity contribution < 1.29 is 14.7 Å². The van der Waals surface area contributed by atoms with Crippen LogP contribution in [0.5, 0.6) is 0 Å². The molecule has 1 atom stereocenters. The Labute approximate surface area is 138 Å². The number of halogens is 1. The molecule has 2 amide bonds. The number of carbonyl (C=O) groups excluding carboxylic acids is 2. The SMILES string of the molecule is Cn1c(C(=O)N2CCNC(=O)[C@@H]2CCO)cc2cccc(Cl)c21. The Morgan fingerprint density at radius 1 is 1.48 bits per heavy atom. The molecular weight excluding hydrogens is 318 g/mol. The maximum Gasteiger partial charge on any atom is 0.271 e. The van der Waals surface area contributed by atoms with Crippen LogP contribution in [0, 0.1) is 0 Å². The van der Waals surface area contributed by atoms with Crippen LogP contribution >= 0.6 is 11.6 Å². The van der Waals surface area contributed by atoms with Gasteiger partial charge in [-0.25, -0.2) is 0 Å². The third kappa shape index (κ3) is 2.68. The fourth-order valence-corrected chi connectivity index (χ4v) is 3.39. The first-order valence-corrected chi connectivity index (χ1v) is 7.86. The molecule has 0 unspecified atom stereocenters. The highest BCUT2D eigenvalue weighted by Crippen LogP contribution is 2.27. The first-order valence-electron chi connectivity index (χ1n) is 7.48. The maximum atomic E-state index is 12.9. The van der Waals surface area contributed by atoms with E-state index in [0.29, 0.717) is 23.8 Å². The average molecular weight is 336 g/mol. The van der Waals surface area contributed by atoms with Crippen LogP contribution in [0.1, 0.15) is 16.9 Å². The quantitative estimate of drug-likeness (QED) is 0.883. The molecule has 6 nitrogen and oxygen atoms in total. The van der Waals surface area contributed by atoms with E-state index in [4.69, 9.17) is 11.6 Å². The summed E-state index contributed by atoms with van der Waals surface area (Å²) < 4.78 is 1.75. The van der Waals surface area contributed by atoms with E-state index in [9.17, 15) is 14.7 Å². The van der Waals surface area contributed by atoms with Crippen LogP contribution in [0.4, 0.5) is 0 Å². The smallest absolute Gasteiger partial charge is 0.271 e. The van der Waals surface area contributed by atoms with Crippen LogP contribution in [-0.2, 0) is 11.8 Å². The lowest BCUT2D eigenvalue weighted by Gasteiger charge is -2.34. The second-order valence-corrected chi connectivity index (χ2v) is 5.99. The molecule has 1 aliphatic rings. The number of hydrogen-bond donors (Lipinski definition) is 2. The number of aliphatic hydroxyl groups excluding tert-OH is 1. The Balaban J connectivity index is 2.00. The van der Waals surface area contributed by atoms with Crippen LogP contribution in [0.2, 0.25) is 5.02 Å². The summed E-state index contributed by atoms with van der Waals surface area (Å²) >= 11 is 6.22. The summed E-state index contributed by atoms with van der Waals surface area (Å²) in [5.74, 6) is -0.455. The van der Waals surface area contributed by atoms with Gasteiger partial charge in [-0.2, -0.15) is 0 Å². The second-order valence-electron chi connectivity index (χ2n) is 5.58. The Bertz CT molecular complexity index is 771. The third-order valence-electron chi connectivity index (χ3n) is 4.22. The number of benzene rings is 1. The van der Waals surface area contributed by atoms with Gasteiger partial charge in [-0.3, -0.25) is 9.59 Å². The molecule has 23 heavy (non-hydrogen) atoms. The Morgan fingerprint density at radius 2 is 2.26 bits per heavy atom. The van der Waals surface area contributed by atoms with E-state index in [1.807, 2.05) is 12.1 Å². The number of carbonyl (C=O) groups is 2. The molecule has 2 N–H and O–H groups in total. The van der Waals surface area contributed by atoms with E-state index < -0.39 is 6.04 Å². The van der Waals surface area contributed by atoms with Gasteiger partial charge in [0, 0.05) is 32.1 Å². The zero-order valence-electron chi connectivity index (χ0n) is 12.8. The standard InChI is InChI=1S/C16H18ClN3O3/c1-19-13(9-10-3-2-4-11(17)14(10)19)16(23)20-7-6-18-15(22)12(20)5-8-21/h2-4,9,12,21H,5-8H2,1H3,(H,18,22)/t12-/m0/s1. The molecule has 1 aromatic heterocycles. The normalized spacial score (nSPS) is 18.3. The predicted molar refractivity (Wildman–Crippen MR) is 87.5 cm³/mol. The zero-order chi connectivity index (χ0) is 16.6. The minimum Gasteiger partial charge on any atom is -0.396 e. The van der Waals surface area contributed by atoms with E-state index in [2.05, 4.69) is 5.32 Å². The molecule has 0 radical (unpaired) electrons. The first-order chi connectivity index (χ1) is 11.0. The van der Waals surface area contributed by atoms with Gasteiger partial charge < -0.3 is 19.9 Å². The zero-order valence-corrected chi connectivity index (χ0v) is 13.5. The highest BCUT2D eigenvalue weighted by atomic mass is 35.5. The van der Waals surface area contributed by atoms with Gasteiger partial charge >= 0.3 is 0 Å². The van der Waals surface area contributed by atoms with Crippen molar-refractivity contribution in [3.05, 3.63) is 35.0 Å². The molecule has 3 rings (SSSR count). The number of rotatable bonds is 3. The van der Waals surface area contributed by atoms with Gasteiger partial charge in [-0.15, -0.1) is 0 Å². The summed E-state index contributed by atoms with van der Waals surface area (Å²) in [5.41, 5.74) is 1.27. The van der Waals surface area contributed by atoms with Gasteiger partial charge in [0.1, 0.15) is 11.7 Å². The van der Waals surface area contributed by atoms with E-state index in [1.165, 1.54) is 4.90 Å². The number of piperazine rings is 1. The molecule has 0 saturated carbocycles. The van der Waals surface area contributed by atoms with Crippen molar-refractivity contribution in [2.75, 3.05) is 19.7 Å². The Morgan fingerprint density at radius 3 is 2.96 bits per heavy atom. The summed E-state index contributed by atoms with van der Waals surface area (Å²) in [6, 6.07) is 6.65. The molecule has 7 heteroatoms. The molecule has 1 aromatic carbocycles. The monoisotopic (exact) mass is 335 g/mol. The molecule has 1 fully saturated rings. The molecule has 2 aromatic rings. The number of amides is 2. The third-order valence-corrected chi connectivity index (χ3v) is 4.53. The summed E-state index contributed by atoms with van der Waals surface area (Å²) in [6.45, 7) is 0.685. The van der Waals surface area contributed by atoms with Gasteiger partial charge in [-0.05, 0) is 18.6 Å². The van der Waals surface area contributed by atoms with Crippen molar-refractivity contribution in [1.82, 2.24) is 14.8 Å². The summed E-state index contributed by atoms with van der Waals surface area (Å²) in [5, 5.41) is 13.4. The molecule has 1 saturated heterocycles. The summed E-state index contributed by atoms with van der Waals surface area (Å²) in [6.07, 6.45) is 0.224. The topological polar surface area (TPSA) is 74.6 Å². The molecular formula is C16H18ClN3O3. The highest BCUT2D eigenvalue weighted by molar-refractivity contribution is 6.35. The number of nitrogens with one attached hydrogen (secondary N) is 1. The van der Waals surface area contributed by atoms with E-state index in [0.717, 1.165) is 10.9 Å². The number of para-hydroxylation sites is 1. The van der Waals surface area contributed by atoms with Crippen molar-refractivity contribution in [3.8, 4) is 0 Å². The van der Waals surface area contributed by atoms with E-state index in [-0.39, 0.29) is 24.8 Å². The predicted octanol–water partition coefficient (Wildman–Crippen LogP) is 1.15. The number of aliphatic hydroxyl groups is 1. The van der Waals surface area contributed by atoms with Crippen molar-refractivity contribution in [1.29, 1.82) is 0 Å². The van der Waals surface area contributed by atoms with Crippen LogP contribution in [0.3, 0.4) is 0 Å². The Kier molecular flexibility index (Phi) is 4.28. The largest absolute Gasteiger partial charge is 0.396 e. The number of fused-ring (bicyclic) bond motifs is 1. The van der Waals surface area contributed by atoms with E-state index in [1.54, 1.807) is 23.7 Å². The van der Waals surface area contributed by atoms with Crippen molar-refractivity contribution in [3.63, 3.8) is 0 Å². The van der Waals surface area contributed by atoms with Crippen molar-refractivity contribution in [2.24, 2.45) is 7.05 Å². The lowest BCUT2D eigenvalue weighted by Crippen LogP contribution is -2.57. The van der Waals surface area contributed by atoms with Crippen LogP contribution in [-0.4, -0.2) is 52.1 Å². The first kappa shape index (κ1) is 15.8. The van der Waals surface area contributed by atoms with Gasteiger partial charge in [0.15, 0.2) is 0 Å². The fourth-order valence-electron chi connectivity index (χ4n) is 3.09. The lowest BCUT2D eigenvalue weighted by molar-refractivity contribution is -0.128.